The highest BCUT2D eigenvalue weighted by molar-refractivity contribution is 5.68. The minimum absolute atomic E-state index is 0.144. The Kier molecular flexibility index (Phi) is 3.58. The first-order valence-corrected chi connectivity index (χ1v) is 5.38. The SMILES string of the molecule is NNc1cc(Nc2ccccc2F)cc([N+](=O)[O-])c1. The largest absolute Gasteiger partial charge is 0.353 e. The van der Waals surface area contributed by atoms with Crippen molar-refractivity contribution in [2.45, 2.75) is 0 Å². The molecule has 2 aromatic rings. The van der Waals surface area contributed by atoms with E-state index in [2.05, 4.69) is 10.7 Å². The smallest absolute Gasteiger partial charge is 0.273 e. The van der Waals surface area contributed by atoms with Gasteiger partial charge < -0.3 is 10.7 Å². The van der Waals surface area contributed by atoms with Crippen LogP contribution in [0.1, 0.15) is 0 Å². The topological polar surface area (TPSA) is 93.2 Å². The van der Waals surface area contributed by atoms with Gasteiger partial charge in [-0.15, -0.1) is 0 Å². The molecule has 2 rings (SSSR count). The van der Waals surface area contributed by atoms with Crippen molar-refractivity contribution < 1.29 is 9.31 Å². The van der Waals surface area contributed by atoms with Gasteiger partial charge in [-0.05, 0) is 18.2 Å². The lowest BCUT2D eigenvalue weighted by Crippen LogP contribution is -2.07. The van der Waals surface area contributed by atoms with Gasteiger partial charge in [0.15, 0.2) is 0 Å². The molecule has 0 saturated carbocycles. The van der Waals surface area contributed by atoms with Crippen LogP contribution in [0.2, 0.25) is 0 Å². The lowest BCUT2D eigenvalue weighted by Gasteiger charge is -2.09. The van der Waals surface area contributed by atoms with Crippen molar-refractivity contribution in [3.63, 3.8) is 0 Å². The highest BCUT2D eigenvalue weighted by Gasteiger charge is 2.10. The summed E-state index contributed by atoms with van der Waals surface area (Å²) >= 11 is 0. The first kappa shape index (κ1) is 12.8. The molecular formula is C12H11FN4O2. The molecule has 0 aromatic heterocycles. The van der Waals surface area contributed by atoms with Gasteiger partial charge >= 0.3 is 0 Å². The number of rotatable bonds is 4. The summed E-state index contributed by atoms with van der Waals surface area (Å²) in [5.41, 5.74) is 3.13. The number of hydrogen-bond donors (Lipinski definition) is 3. The predicted octanol–water partition coefficient (Wildman–Crippen LogP) is 2.76. The summed E-state index contributed by atoms with van der Waals surface area (Å²) in [6, 6.07) is 10.2. The Morgan fingerprint density at radius 3 is 2.47 bits per heavy atom. The number of nitro groups is 1. The van der Waals surface area contributed by atoms with Crippen LogP contribution in [0.4, 0.5) is 27.1 Å². The van der Waals surface area contributed by atoms with E-state index in [1.165, 1.54) is 24.3 Å². The number of nitro benzene ring substituents is 1. The molecule has 0 radical (unpaired) electrons. The summed E-state index contributed by atoms with van der Waals surface area (Å²) in [6.07, 6.45) is 0. The molecular weight excluding hydrogens is 251 g/mol. The van der Waals surface area contributed by atoms with Crippen LogP contribution in [0.15, 0.2) is 42.5 Å². The maximum absolute atomic E-state index is 13.5. The molecule has 0 spiro atoms. The minimum Gasteiger partial charge on any atom is -0.353 e. The zero-order chi connectivity index (χ0) is 13.8. The van der Waals surface area contributed by atoms with Crippen molar-refractivity contribution in [2.75, 3.05) is 10.7 Å². The number of non-ortho nitro benzene ring substituents is 1. The zero-order valence-electron chi connectivity index (χ0n) is 9.76. The maximum atomic E-state index is 13.5. The molecule has 0 aliphatic heterocycles. The number of para-hydroxylation sites is 1. The van der Waals surface area contributed by atoms with E-state index in [0.29, 0.717) is 11.4 Å². The van der Waals surface area contributed by atoms with Gasteiger partial charge in [0.2, 0.25) is 0 Å². The quantitative estimate of drug-likeness (QED) is 0.447. The van der Waals surface area contributed by atoms with Gasteiger partial charge in [0.25, 0.3) is 5.69 Å². The number of hydrazine groups is 1. The van der Waals surface area contributed by atoms with E-state index in [9.17, 15) is 14.5 Å². The molecule has 7 heteroatoms. The van der Waals surface area contributed by atoms with Crippen LogP contribution in [-0.2, 0) is 0 Å². The number of nitrogens with two attached hydrogens (primary N) is 1. The van der Waals surface area contributed by atoms with E-state index in [1.807, 2.05) is 0 Å². The molecule has 4 N–H and O–H groups in total. The fraction of sp³-hybridized carbons (Fsp3) is 0. The van der Waals surface area contributed by atoms with E-state index >= 15 is 0 Å². The van der Waals surface area contributed by atoms with Crippen LogP contribution in [-0.4, -0.2) is 4.92 Å². The molecule has 19 heavy (non-hydrogen) atoms. The second-order valence-corrected chi connectivity index (χ2v) is 3.77. The average molecular weight is 262 g/mol. The lowest BCUT2D eigenvalue weighted by atomic mass is 10.2. The number of hydrogen-bond acceptors (Lipinski definition) is 5. The Bertz CT molecular complexity index is 618. The number of halogens is 1. The lowest BCUT2D eigenvalue weighted by molar-refractivity contribution is -0.384. The van der Waals surface area contributed by atoms with Crippen molar-refractivity contribution in [1.82, 2.24) is 0 Å². The Hall–Kier alpha value is -2.67. The van der Waals surface area contributed by atoms with Crippen molar-refractivity contribution in [3.05, 3.63) is 58.4 Å². The highest BCUT2D eigenvalue weighted by Crippen LogP contribution is 2.27. The van der Waals surface area contributed by atoms with Crippen LogP contribution >= 0.6 is 0 Å². The third-order valence-corrected chi connectivity index (χ3v) is 2.45. The molecule has 2 aromatic carbocycles. The molecule has 0 aliphatic carbocycles. The molecule has 0 amide bonds. The standard InChI is InChI=1S/C12H11FN4O2/c13-11-3-1-2-4-12(11)15-8-5-9(16-14)7-10(6-8)17(18)19/h1-7,15-16H,14H2. The summed E-state index contributed by atoms with van der Waals surface area (Å²) in [4.78, 5) is 10.2. The second-order valence-electron chi connectivity index (χ2n) is 3.77. The van der Waals surface area contributed by atoms with Crippen molar-refractivity contribution in [3.8, 4) is 0 Å². The Balaban J connectivity index is 2.37. The van der Waals surface area contributed by atoms with Gasteiger partial charge in [0.05, 0.1) is 16.3 Å². The number of anilines is 3. The molecule has 0 bridgehead atoms. The Morgan fingerprint density at radius 2 is 1.84 bits per heavy atom. The van der Waals surface area contributed by atoms with Crippen molar-refractivity contribution in [2.24, 2.45) is 5.84 Å². The number of nitrogen functional groups attached to an aromatic ring is 1. The first-order valence-electron chi connectivity index (χ1n) is 5.38. The van der Waals surface area contributed by atoms with Crippen LogP contribution in [0.25, 0.3) is 0 Å². The van der Waals surface area contributed by atoms with Gasteiger partial charge in [-0.25, -0.2) is 4.39 Å². The van der Waals surface area contributed by atoms with Gasteiger partial charge in [-0.3, -0.25) is 16.0 Å². The maximum Gasteiger partial charge on any atom is 0.273 e. The van der Waals surface area contributed by atoms with Gasteiger partial charge in [-0.2, -0.15) is 0 Å². The van der Waals surface area contributed by atoms with Crippen LogP contribution in [0, 0.1) is 15.9 Å². The Labute approximate surface area is 108 Å². The fourth-order valence-electron chi connectivity index (χ4n) is 1.59. The first-order chi connectivity index (χ1) is 9.10. The summed E-state index contributed by atoms with van der Waals surface area (Å²) in [6.45, 7) is 0. The number of nitrogens with one attached hydrogen (secondary N) is 2. The van der Waals surface area contributed by atoms with Gasteiger partial charge in [-0.1, -0.05) is 12.1 Å². The number of benzene rings is 2. The molecule has 0 saturated heterocycles. The Morgan fingerprint density at radius 1 is 1.16 bits per heavy atom. The summed E-state index contributed by atoms with van der Waals surface area (Å²) in [7, 11) is 0. The van der Waals surface area contributed by atoms with Gasteiger partial charge in [0.1, 0.15) is 5.82 Å². The van der Waals surface area contributed by atoms with Crippen molar-refractivity contribution in [1.29, 1.82) is 0 Å². The number of nitrogens with zero attached hydrogens (tertiary/aromatic N) is 1. The summed E-state index contributed by atoms with van der Waals surface area (Å²) in [5.74, 6) is 4.79. The molecule has 0 heterocycles. The van der Waals surface area contributed by atoms with Crippen LogP contribution in [0.3, 0.4) is 0 Å². The summed E-state index contributed by atoms with van der Waals surface area (Å²) in [5, 5.41) is 13.5. The molecule has 0 atom stereocenters. The molecule has 6 nitrogen and oxygen atoms in total. The molecule has 0 aliphatic rings. The third-order valence-electron chi connectivity index (χ3n) is 2.45. The second kappa shape index (κ2) is 5.32. The minimum atomic E-state index is -0.548. The van der Waals surface area contributed by atoms with E-state index < -0.39 is 10.7 Å². The van der Waals surface area contributed by atoms with Crippen molar-refractivity contribution >= 4 is 22.7 Å². The predicted molar refractivity (Wildman–Crippen MR) is 70.6 cm³/mol. The third kappa shape index (κ3) is 2.96. The van der Waals surface area contributed by atoms with Crippen LogP contribution < -0.4 is 16.6 Å². The van der Waals surface area contributed by atoms with E-state index in [1.54, 1.807) is 18.2 Å². The normalized spacial score (nSPS) is 10.0. The average Bonchev–Trinajstić information content (AvgIpc) is 2.41. The van der Waals surface area contributed by atoms with Crippen LogP contribution in [0.5, 0.6) is 0 Å². The van der Waals surface area contributed by atoms with E-state index in [-0.39, 0.29) is 11.4 Å². The van der Waals surface area contributed by atoms with E-state index in [0.717, 1.165) is 0 Å². The monoisotopic (exact) mass is 262 g/mol. The zero-order valence-corrected chi connectivity index (χ0v) is 9.76. The molecule has 0 fully saturated rings. The highest BCUT2D eigenvalue weighted by atomic mass is 19.1. The molecule has 0 unspecified atom stereocenters. The van der Waals surface area contributed by atoms with E-state index in [4.69, 9.17) is 5.84 Å². The fourth-order valence-corrected chi connectivity index (χ4v) is 1.59. The molecule has 98 valence electrons. The summed E-state index contributed by atoms with van der Waals surface area (Å²) < 4.78 is 13.5. The van der Waals surface area contributed by atoms with Gasteiger partial charge in [0, 0.05) is 17.8 Å².